The summed E-state index contributed by atoms with van der Waals surface area (Å²) in [6, 6.07) is 8.09. The van der Waals surface area contributed by atoms with Gasteiger partial charge in [-0.1, -0.05) is 73.6 Å². The molecule has 170 valence electrons. The fraction of sp³-hybridized carbons (Fsp3) is 0.640. The molecule has 0 N–H and O–H groups in total. The molecule has 1 unspecified atom stereocenters. The topological polar surface area (TPSA) is 44.8 Å². The molecule has 0 saturated carbocycles. The van der Waals surface area contributed by atoms with Crippen molar-refractivity contribution in [3.63, 3.8) is 0 Å². The number of ether oxygens (including phenoxy) is 2. The van der Waals surface area contributed by atoms with Gasteiger partial charge in [-0.3, -0.25) is 0 Å². The van der Waals surface area contributed by atoms with Gasteiger partial charge in [-0.25, -0.2) is 4.79 Å². The summed E-state index contributed by atoms with van der Waals surface area (Å²) in [5.74, 6) is 0.497. The van der Waals surface area contributed by atoms with Gasteiger partial charge in [0.15, 0.2) is 0 Å². The molecule has 0 aromatic heterocycles. The van der Waals surface area contributed by atoms with Crippen molar-refractivity contribution in [1.82, 2.24) is 0 Å². The smallest absolute Gasteiger partial charge is 0.330 e. The fourth-order valence-corrected chi connectivity index (χ4v) is 10.3. The Balaban J connectivity index is 3.50. The highest BCUT2D eigenvalue weighted by molar-refractivity contribution is 6.77. The summed E-state index contributed by atoms with van der Waals surface area (Å²) in [5, 5.41) is 0. The summed E-state index contributed by atoms with van der Waals surface area (Å²) in [5.41, 5.74) is 2.07. The first-order valence-electron chi connectivity index (χ1n) is 11.1. The van der Waals surface area contributed by atoms with E-state index in [9.17, 15) is 4.79 Å². The molecule has 0 heterocycles. The van der Waals surface area contributed by atoms with Crippen LogP contribution < -0.4 is 4.74 Å². The molecular formula is C25H42O4Si. The van der Waals surface area contributed by atoms with Gasteiger partial charge in [-0.2, -0.15) is 0 Å². The van der Waals surface area contributed by atoms with E-state index in [-0.39, 0.29) is 12.1 Å². The van der Waals surface area contributed by atoms with Crippen LogP contribution in [0.15, 0.2) is 36.4 Å². The van der Waals surface area contributed by atoms with Gasteiger partial charge in [0.2, 0.25) is 8.32 Å². The van der Waals surface area contributed by atoms with Gasteiger partial charge in [0.25, 0.3) is 0 Å². The monoisotopic (exact) mass is 434 g/mol. The molecule has 0 fully saturated rings. The molecule has 1 atom stereocenters. The summed E-state index contributed by atoms with van der Waals surface area (Å²) >= 11 is 0. The largest absolute Gasteiger partial charge is 0.497 e. The molecule has 1 rings (SSSR count). The fourth-order valence-electron chi connectivity index (χ4n) is 4.60. The molecule has 1 aromatic rings. The summed E-state index contributed by atoms with van der Waals surface area (Å²) in [4.78, 5) is 12.0. The Labute approximate surface area is 185 Å². The zero-order valence-corrected chi connectivity index (χ0v) is 21.6. The molecule has 0 bridgehead atoms. The number of hydrogen-bond acceptors (Lipinski definition) is 4. The summed E-state index contributed by atoms with van der Waals surface area (Å²) in [7, 11) is -0.488. The SMILES string of the molecule is CCOC(=O)/C=C/C(C)(C)C(O[Si](C(C)C)(C(C)C)C(C)C)c1ccc(OC)cc1. The lowest BCUT2D eigenvalue weighted by Crippen LogP contribution is -2.50. The van der Waals surface area contributed by atoms with E-state index in [0.717, 1.165) is 11.3 Å². The van der Waals surface area contributed by atoms with Gasteiger partial charge in [0.05, 0.1) is 19.8 Å². The van der Waals surface area contributed by atoms with E-state index >= 15 is 0 Å². The molecule has 1 aromatic carbocycles. The van der Waals surface area contributed by atoms with E-state index in [1.807, 2.05) is 25.1 Å². The molecular weight excluding hydrogens is 392 g/mol. The Morgan fingerprint density at radius 2 is 1.50 bits per heavy atom. The van der Waals surface area contributed by atoms with Crippen molar-refractivity contribution in [3.05, 3.63) is 42.0 Å². The minimum absolute atomic E-state index is 0.187. The van der Waals surface area contributed by atoms with E-state index in [1.165, 1.54) is 6.08 Å². The number of carbonyl (C=O) groups is 1. The lowest BCUT2D eigenvalue weighted by atomic mass is 9.82. The lowest BCUT2D eigenvalue weighted by molar-refractivity contribution is -0.137. The maximum absolute atomic E-state index is 12.0. The first-order chi connectivity index (χ1) is 13.9. The average molecular weight is 435 g/mol. The third-order valence-electron chi connectivity index (χ3n) is 6.06. The zero-order chi connectivity index (χ0) is 23.1. The lowest BCUT2D eigenvalue weighted by Gasteiger charge is -2.47. The summed E-state index contributed by atoms with van der Waals surface area (Å²) in [6.07, 6.45) is 3.28. The van der Waals surface area contributed by atoms with Crippen LogP contribution in [0, 0.1) is 5.41 Å². The Morgan fingerprint density at radius 3 is 1.90 bits per heavy atom. The first-order valence-corrected chi connectivity index (χ1v) is 13.2. The maximum atomic E-state index is 12.0. The maximum Gasteiger partial charge on any atom is 0.330 e. The highest BCUT2D eigenvalue weighted by atomic mass is 28.4. The quantitative estimate of drug-likeness (QED) is 0.212. The van der Waals surface area contributed by atoms with Crippen LogP contribution in [0.4, 0.5) is 0 Å². The van der Waals surface area contributed by atoms with Gasteiger partial charge in [0, 0.05) is 11.5 Å². The second kappa shape index (κ2) is 11.1. The van der Waals surface area contributed by atoms with E-state index in [4.69, 9.17) is 13.9 Å². The second-order valence-corrected chi connectivity index (χ2v) is 14.9. The highest BCUT2D eigenvalue weighted by Crippen LogP contribution is 2.49. The van der Waals surface area contributed by atoms with E-state index < -0.39 is 13.7 Å². The number of benzene rings is 1. The van der Waals surface area contributed by atoms with E-state index in [0.29, 0.717) is 23.2 Å². The molecule has 30 heavy (non-hydrogen) atoms. The van der Waals surface area contributed by atoms with Gasteiger partial charge in [-0.05, 0) is 41.2 Å². The average Bonchev–Trinajstić information content (AvgIpc) is 2.66. The van der Waals surface area contributed by atoms with Crippen LogP contribution in [0.5, 0.6) is 5.75 Å². The summed E-state index contributed by atoms with van der Waals surface area (Å²) < 4.78 is 17.7. The normalized spacial score (nSPS) is 14.0. The van der Waals surface area contributed by atoms with Crippen LogP contribution >= 0.6 is 0 Å². The molecule has 0 amide bonds. The Hall–Kier alpha value is -1.59. The molecule has 4 nitrogen and oxygen atoms in total. The first kappa shape index (κ1) is 26.4. The van der Waals surface area contributed by atoms with Crippen LogP contribution in [0.25, 0.3) is 0 Å². The van der Waals surface area contributed by atoms with Crippen molar-refractivity contribution in [2.24, 2.45) is 5.41 Å². The van der Waals surface area contributed by atoms with Crippen molar-refractivity contribution in [2.75, 3.05) is 13.7 Å². The van der Waals surface area contributed by atoms with Gasteiger partial charge in [-0.15, -0.1) is 0 Å². The Bertz CT molecular complexity index is 668. The van der Waals surface area contributed by atoms with Crippen LogP contribution in [-0.2, 0) is 14.0 Å². The van der Waals surface area contributed by atoms with Crippen molar-refractivity contribution in [3.8, 4) is 5.75 Å². The standard InChI is InChI=1S/C25H42O4Si/c1-11-28-23(26)16-17-25(8,9)24(21-12-14-22(27-10)15-13-21)29-30(18(2)3,19(4)5)20(6)7/h12-20,24H,11H2,1-10H3/b17-16+. The molecule has 5 heteroatoms. The van der Waals surface area contributed by atoms with Crippen LogP contribution in [0.3, 0.4) is 0 Å². The van der Waals surface area contributed by atoms with Crippen molar-refractivity contribution in [2.45, 2.75) is 85.0 Å². The minimum Gasteiger partial charge on any atom is -0.497 e. The van der Waals surface area contributed by atoms with Gasteiger partial charge < -0.3 is 13.9 Å². The van der Waals surface area contributed by atoms with Crippen molar-refractivity contribution < 1.29 is 18.7 Å². The van der Waals surface area contributed by atoms with Crippen molar-refractivity contribution in [1.29, 1.82) is 0 Å². The third-order valence-corrected chi connectivity index (χ3v) is 12.1. The van der Waals surface area contributed by atoms with Crippen LogP contribution in [0.2, 0.25) is 16.6 Å². The van der Waals surface area contributed by atoms with Gasteiger partial charge >= 0.3 is 5.97 Å². The number of methoxy groups -OCH3 is 1. The van der Waals surface area contributed by atoms with E-state index in [2.05, 4.69) is 67.5 Å². The van der Waals surface area contributed by atoms with E-state index in [1.54, 1.807) is 7.11 Å². The van der Waals surface area contributed by atoms with Gasteiger partial charge in [0.1, 0.15) is 5.75 Å². The second-order valence-electron chi connectivity index (χ2n) is 9.50. The van der Waals surface area contributed by atoms with Crippen LogP contribution in [-0.4, -0.2) is 28.0 Å². The summed E-state index contributed by atoms with van der Waals surface area (Å²) in [6.45, 7) is 20.2. The molecule has 0 spiro atoms. The number of hydrogen-bond donors (Lipinski definition) is 0. The molecule has 0 saturated heterocycles. The molecule has 0 aliphatic carbocycles. The molecule has 0 radical (unpaired) electrons. The predicted molar refractivity (Wildman–Crippen MR) is 127 cm³/mol. The number of esters is 1. The Kier molecular flexibility index (Phi) is 9.82. The Morgan fingerprint density at radius 1 is 1.00 bits per heavy atom. The molecule has 0 aliphatic rings. The third kappa shape index (κ3) is 6.21. The predicted octanol–water partition coefficient (Wildman–Crippen LogP) is 7.07. The zero-order valence-electron chi connectivity index (χ0n) is 20.6. The minimum atomic E-state index is -2.16. The van der Waals surface area contributed by atoms with Crippen LogP contribution in [0.1, 0.15) is 74.0 Å². The van der Waals surface area contributed by atoms with Crippen molar-refractivity contribution >= 4 is 14.3 Å². The number of carbonyl (C=O) groups excluding carboxylic acids is 1. The highest BCUT2D eigenvalue weighted by Gasteiger charge is 2.48. The number of rotatable bonds is 11. The molecule has 0 aliphatic heterocycles.